The molecule has 126 valence electrons. The normalized spacial score (nSPS) is 31.7. The van der Waals surface area contributed by atoms with Crippen molar-refractivity contribution < 1.29 is 13.9 Å². The number of allylic oxidation sites excluding steroid dienone is 1. The smallest absolute Gasteiger partial charge is 0.183 e. The number of ether oxygens (including phenoxy) is 2. The lowest BCUT2D eigenvalue weighted by Gasteiger charge is -2.37. The van der Waals surface area contributed by atoms with E-state index < -0.39 is 6.29 Å². The molecule has 1 aliphatic carbocycles. The lowest BCUT2D eigenvalue weighted by molar-refractivity contribution is -0.214. The second-order valence-electron chi connectivity index (χ2n) is 6.74. The first-order chi connectivity index (χ1) is 11.2. The van der Waals surface area contributed by atoms with Crippen LogP contribution in [0.2, 0.25) is 0 Å². The van der Waals surface area contributed by atoms with E-state index >= 15 is 0 Å². The van der Waals surface area contributed by atoms with Gasteiger partial charge in [0.05, 0.1) is 17.7 Å². The van der Waals surface area contributed by atoms with E-state index in [-0.39, 0.29) is 5.82 Å². The van der Waals surface area contributed by atoms with Crippen molar-refractivity contribution >= 4 is 15.9 Å². The van der Waals surface area contributed by atoms with Gasteiger partial charge in [-0.05, 0) is 72.0 Å². The van der Waals surface area contributed by atoms with Crippen molar-refractivity contribution in [3.63, 3.8) is 0 Å². The fraction of sp³-hybridized carbons (Fsp3) is 0.579. The highest BCUT2D eigenvalue weighted by atomic mass is 79.9. The Hall–Kier alpha value is -0.710. The molecule has 4 heteroatoms. The molecule has 0 atom stereocenters. The Balaban J connectivity index is 1.50. The third-order valence-corrected chi connectivity index (χ3v) is 5.84. The average Bonchev–Trinajstić information content (AvgIpc) is 2.59. The van der Waals surface area contributed by atoms with Crippen molar-refractivity contribution in [3.05, 3.63) is 46.7 Å². The molecule has 2 nitrogen and oxygen atoms in total. The largest absolute Gasteiger partial charge is 0.348 e. The van der Waals surface area contributed by atoms with Crippen molar-refractivity contribution in [2.75, 3.05) is 13.2 Å². The van der Waals surface area contributed by atoms with Crippen LogP contribution in [-0.2, 0) is 9.47 Å². The molecule has 1 saturated heterocycles. The second kappa shape index (κ2) is 7.91. The van der Waals surface area contributed by atoms with Crippen LogP contribution in [0, 0.1) is 23.6 Å². The van der Waals surface area contributed by atoms with Crippen molar-refractivity contribution in [1.82, 2.24) is 0 Å². The van der Waals surface area contributed by atoms with Crippen LogP contribution in [0.5, 0.6) is 0 Å². The van der Waals surface area contributed by atoms with Crippen molar-refractivity contribution in [3.8, 4) is 0 Å². The summed E-state index contributed by atoms with van der Waals surface area (Å²) in [6.45, 7) is 5.26. The minimum absolute atomic E-state index is 0.280. The minimum Gasteiger partial charge on any atom is -0.348 e. The van der Waals surface area contributed by atoms with E-state index in [2.05, 4.69) is 22.5 Å². The fourth-order valence-electron chi connectivity index (χ4n) is 3.77. The molecule has 0 radical (unpaired) electrons. The van der Waals surface area contributed by atoms with Crippen molar-refractivity contribution in [2.24, 2.45) is 17.8 Å². The highest BCUT2D eigenvalue weighted by Crippen LogP contribution is 2.38. The third-order valence-electron chi connectivity index (χ3n) is 5.20. The summed E-state index contributed by atoms with van der Waals surface area (Å²) in [5.41, 5.74) is 0.749. The van der Waals surface area contributed by atoms with Crippen molar-refractivity contribution in [1.29, 1.82) is 0 Å². The summed E-state index contributed by atoms with van der Waals surface area (Å²) in [4.78, 5) is 0. The molecule has 2 fully saturated rings. The third kappa shape index (κ3) is 4.23. The van der Waals surface area contributed by atoms with Crippen LogP contribution in [0.25, 0.3) is 0 Å². The second-order valence-corrected chi connectivity index (χ2v) is 7.59. The van der Waals surface area contributed by atoms with Gasteiger partial charge in [0.2, 0.25) is 0 Å². The summed E-state index contributed by atoms with van der Waals surface area (Å²) < 4.78 is 25.9. The van der Waals surface area contributed by atoms with E-state index in [0.717, 1.165) is 17.9 Å². The van der Waals surface area contributed by atoms with E-state index in [1.54, 1.807) is 6.07 Å². The molecule has 1 aromatic rings. The molecule has 0 aromatic heterocycles. The maximum Gasteiger partial charge on any atom is 0.183 e. The Bertz CT molecular complexity index is 532. The molecule has 1 aliphatic heterocycles. The molecule has 0 spiro atoms. The van der Waals surface area contributed by atoms with Gasteiger partial charge in [0.1, 0.15) is 5.82 Å². The van der Waals surface area contributed by atoms with Gasteiger partial charge in [-0.15, -0.1) is 6.58 Å². The number of halogens is 2. The molecule has 1 saturated carbocycles. The summed E-state index contributed by atoms with van der Waals surface area (Å²) in [6, 6.07) is 5.03. The Morgan fingerprint density at radius 1 is 1.13 bits per heavy atom. The monoisotopic (exact) mass is 382 g/mol. The molecular weight excluding hydrogens is 359 g/mol. The predicted octanol–water partition coefficient (Wildman–Crippen LogP) is 5.63. The zero-order valence-electron chi connectivity index (χ0n) is 13.3. The summed E-state index contributed by atoms with van der Waals surface area (Å²) in [5.74, 6) is 1.69. The molecule has 2 aliphatic rings. The summed E-state index contributed by atoms with van der Waals surface area (Å²) >= 11 is 3.17. The number of rotatable bonds is 4. The van der Waals surface area contributed by atoms with Crippen LogP contribution >= 0.6 is 15.9 Å². The van der Waals surface area contributed by atoms with E-state index in [4.69, 9.17) is 9.47 Å². The summed E-state index contributed by atoms with van der Waals surface area (Å²) in [5, 5.41) is 0. The molecular formula is C19H24BrFO2. The highest BCUT2D eigenvalue weighted by molar-refractivity contribution is 9.10. The van der Waals surface area contributed by atoms with Gasteiger partial charge in [-0.2, -0.15) is 0 Å². The van der Waals surface area contributed by atoms with E-state index in [1.807, 2.05) is 12.1 Å². The maximum atomic E-state index is 13.6. The number of benzene rings is 1. The molecule has 0 amide bonds. The van der Waals surface area contributed by atoms with Crippen molar-refractivity contribution in [2.45, 2.75) is 38.4 Å². The number of hydrogen-bond donors (Lipinski definition) is 0. The van der Waals surface area contributed by atoms with Gasteiger partial charge in [-0.1, -0.05) is 12.1 Å². The van der Waals surface area contributed by atoms with Crippen LogP contribution in [0.15, 0.2) is 35.3 Å². The lowest BCUT2D eigenvalue weighted by atomic mass is 9.75. The van der Waals surface area contributed by atoms with Crippen LogP contribution in [0.1, 0.15) is 44.0 Å². The minimum atomic E-state index is -0.439. The topological polar surface area (TPSA) is 18.5 Å². The van der Waals surface area contributed by atoms with Gasteiger partial charge in [0.15, 0.2) is 6.29 Å². The van der Waals surface area contributed by atoms with Gasteiger partial charge in [0.25, 0.3) is 0 Å². The van der Waals surface area contributed by atoms with Gasteiger partial charge >= 0.3 is 0 Å². The highest BCUT2D eigenvalue weighted by Gasteiger charge is 2.32. The first-order valence-corrected chi connectivity index (χ1v) is 9.25. The Morgan fingerprint density at radius 2 is 1.83 bits per heavy atom. The lowest BCUT2D eigenvalue weighted by Crippen LogP contribution is -2.34. The number of hydrogen-bond acceptors (Lipinski definition) is 2. The molecule has 0 N–H and O–H groups in total. The molecule has 3 rings (SSSR count). The Morgan fingerprint density at radius 3 is 2.43 bits per heavy atom. The summed E-state index contributed by atoms with van der Waals surface area (Å²) in [6.07, 6.45) is 7.83. The van der Waals surface area contributed by atoms with Gasteiger partial charge in [0, 0.05) is 11.5 Å². The molecule has 1 heterocycles. The standard InChI is InChI=1S/C19H24BrFO2/c1-2-3-13-4-6-14(7-5-13)16-11-22-19(23-12-16)15-8-9-17(20)18(21)10-15/h2,8-10,13-14,16,19H,1,3-7,11-12H2. The zero-order chi connectivity index (χ0) is 16.2. The molecule has 1 aromatic carbocycles. The van der Waals surface area contributed by atoms with Gasteiger partial charge in [-0.25, -0.2) is 4.39 Å². The quantitative estimate of drug-likeness (QED) is 0.627. The molecule has 0 bridgehead atoms. The van der Waals surface area contributed by atoms with Crippen LogP contribution in [0.3, 0.4) is 0 Å². The first-order valence-electron chi connectivity index (χ1n) is 8.46. The first kappa shape index (κ1) is 17.1. The SMILES string of the molecule is C=CCC1CCC(C2COC(c3ccc(Br)c(F)c3)OC2)CC1. The Kier molecular flexibility index (Phi) is 5.89. The predicted molar refractivity (Wildman–Crippen MR) is 92.5 cm³/mol. The van der Waals surface area contributed by atoms with Crippen LogP contribution in [0.4, 0.5) is 4.39 Å². The summed E-state index contributed by atoms with van der Waals surface area (Å²) in [7, 11) is 0. The molecule has 23 heavy (non-hydrogen) atoms. The van der Waals surface area contributed by atoms with Crippen LogP contribution < -0.4 is 0 Å². The van der Waals surface area contributed by atoms with Gasteiger partial charge < -0.3 is 9.47 Å². The van der Waals surface area contributed by atoms with E-state index in [0.29, 0.717) is 29.5 Å². The fourth-order valence-corrected chi connectivity index (χ4v) is 4.02. The maximum absolute atomic E-state index is 13.6. The average molecular weight is 383 g/mol. The van der Waals surface area contributed by atoms with Gasteiger partial charge in [-0.3, -0.25) is 0 Å². The van der Waals surface area contributed by atoms with E-state index in [9.17, 15) is 4.39 Å². The van der Waals surface area contributed by atoms with Crippen LogP contribution in [-0.4, -0.2) is 13.2 Å². The van der Waals surface area contributed by atoms with E-state index in [1.165, 1.54) is 31.7 Å². The molecule has 0 unspecified atom stereocenters. The Labute approximate surface area is 146 Å². The zero-order valence-corrected chi connectivity index (χ0v) is 14.9.